The van der Waals surface area contributed by atoms with Gasteiger partial charge in [-0.05, 0) is 13.0 Å². The molecule has 0 bridgehead atoms. The van der Waals surface area contributed by atoms with Gasteiger partial charge in [0.25, 0.3) is 0 Å². The van der Waals surface area contributed by atoms with E-state index in [2.05, 4.69) is 4.98 Å². The van der Waals surface area contributed by atoms with Crippen molar-refractivity contribution in [2.45, 2.75) is 13.3 Å². The number of carboxylic acid groups (broad SMARTS) is 1. The van der Waals surface area contributed by atoms with Crippen LogP contribution in [0.15, 0.2) is 18.5 Å². The number of ether oxygens (including phenoxy) is 1. The minimum absolute atomic E-state index is 0.0340. The van der Waals surface area contributed by atoms with Crippen molar-refractivity contribution in [2.24, 2.45) is 5.92 Å². The summed E-state index contributed by atoms with van der Waals surface area (Å²) >= 11 is 0. The second kappa shape index (κ2) is 5.68. The lowest BCUT2D eigenvalue weighted by molar-refractivity contribution is -0.141. The zero-order chi connectivity index (χ0) is 14.7. The van der Waals surface area contributed by atoms with Gasteiger partial charge >= 0.3 is 11.9 Å². The fourth-order valence-corrected chi connectivity index (χ4v) is 2.09. The zero-order valence-corrected chi connectivity index (χ0v) is 10.9. The first-order chi connectivity index (χ1) is 9.54. The minimum Gasteiger partial charge on any atom is -0.481 e. The summed E-state index contributed by atoms with van der Waals surface area (Å²) in [5, 5.41) is 8.97. The Morgan fingerprint density at radius 2 is 2.30 bits per heavy atom. The fourth-order valence-electron chi connectivity index (χ4n) is 2.09. The average Bonchev–Trinajstić information content (AvgIpc) is 2.81. The summed E-state index contributed by atoms with van der Waals surface area (Å²) < 4.78 is 4.92. The van der Waals surface area contributed by atoms with E-state index in [4.69, 9.17) is 9.84 Å². The maximum absolute atomic E-state index is 11.9. The number of nitrogens with zero attached hydrogens (tertiary/aromatic N) is 2. The topological polar surface area (TPSA) is 96.8 Å². The summed E-state index contributed by atoms with van der Waals surface area (Å²) in [5.74, 6) is -2.69. The van der Waals surface area contributed by atoms with Gasteiger partial charge in [-0.2, -0.15) is 0 Å². The first-order valence-electron chi connectivity index (χ1n) is 6.19. The molecule has 1 fully saturated rings. The maximum atomic E-state index is 11.9. The van der Waals surface area contributed by atoms with Crippen LogP contribution < -0.4 is 4.90 Å². The molecule has 0 aliphatic carbocycles. The number of carbonyl (C=O) groups is 3. The summed E-state index contributed by atoms with van der Waals surface area (Å²) in [5.41, 5.74) is 0.501. The van der Waals surface area contributed by atoms with Gasteiger partial charge in [0.15, 0.2) is 0 Å². The molecule has 1 atom stereocenters. The molecule has 0 spiro atoms. The Balaban J connectivity index is 2.31. The standard InChI is InChI=1S/C13H14N2O5/c1-2-20-13(19)9-3-4-14-6-10(9)15-7-8(12(17)18)5-11(15)16/h3-4,6,8H,2,5,7H2,1H3,(H,17,18). The summed E-state index contributed by atoms with van der Waals surface area (Å²) in [7, 11) is 0. The summed E-state index contributed by atoms with van der Waals surface area (Å²) in [6, 6.07) is 1.45. The molecular weight excluding hydrogens is 264 g/mol. The Morgan fingerprint density at radius 3 is 2.90 bits per heavy atom. The Kier molecular flexibility index (Phi) is 3.97. The molecule has 1 aliphatic heterocycles. The van der Waals surface area contributed by atoms with Crippen molar-refractivity contribution in [3.05, 3.63) is 24.0 Å². The molecule has 20 heavy (non-hydrogen) atoms. The highest BCUT2D eigenvalue weighted by Crippen LogP contribution is 2.28. The Bertz CT molecular complexity index is 557. The van der Waals surface area contributed by atoms with Gasteiger partial charge in [-0.1, -0.05) is 0 Å². The predicted molar refractivity (Wildman–Crippen MR) is 68.3 cm³/mol. The Labute approximate surface area is 115 Å². The fraction of sp³-hybridized carbons (Fsp3) is 0.385. The minimum atomic E-state index is -1.03. The lowest BCUT2D eigenvalue weighted by atomic mass is 10.1. The van der Waals surface area contributed by atoms with Gasteiger partial charge in [-0.25, -0.2) is 4.79 Å². The number of carboxylic acids is 1. The highest BCUT2D eigenvalue weighted by atomic mass is 16.5. The summed E-state index contributed by atoms with van der Waals surface area (Å²) in [6.45, 7) is 1.93. The lowest BCUT2D eigenvalue weighted by Gasteiger charge is -2.18. The van der Waals surface area contributed by atoms with E-state index >= 15 is 0 Å². The van der Waals surface area contributed by atoms with Gasteiger partial charge in [-0.15, -0.1) is 0 Å². The predicted octanol–water partition coefficient (Wildman–Crippen LogP) is 0.696. The molecule has 2 heterocycles. The molecule has 0 saturated carbocycles. The van der Waals surface area contributed by atoms with Crippen molar-refractivity contribution in [1.82, 2.24) is 4.98 Å². The molecule has 1 aromatic rings. The van der Waals surface area contributed by atoms with E-state index in [-0.39, 0.29) is 31.0 Å². The zero-order valence-electron chi connectivity index (χ0n) is 10.9. The quantitative estimate of drug-likeness (QED) is 0.814. The number of aromatic nitrogens is 1. The number of rotatable bonds is 4. The molecule has 2 rings (SSSR count). The molecule has 7 heteroatoms. The van der Waals surface area contributed by atoms with Gasteiger partial charge in [0.2, 0.25) is 5.91 Å². The van der Waals surface area contributed by atoms with E-state index in [0.29, 0.717) is 5.69 Å². The van der Waals surface area contributed by atoms with Crippen LogP contribution in [0.4, 0.5) is 5.69 Å². The maximum Gasteiger partial charge on any atom is 0.340 e. The van der Waals surface area contributed by atoms with E-state index in [9.17, 15) is 14.4 Å². The number of carbonyl (C=O) groups excluding carboxylic acids is 2. The number of hydrogen-bond acceptors (Lipinski definition) is 5. The molecule has 1 saturated heterocycles. The van der Waals surface area contributed by atoms with E-state index in [1.165, 1.54) is 23.4 Å². The van der Waals surface area contributed by atoms with Crippen LogP contribution in [0.5, 0.6) is 0 Å². The van der Waals surface area contributed by atoms with Crippen LogP contribution in [0.3, 0.4) is 0 Å². The average molecular weight is 278 g/mol. The third-order valence-corrected chi connectivity index (χ3v) is 3.06. The number of pyridine rings is 1. The number of anilines is 1. The smallest absolute Gasteiger partial charge is 0.340 e. The highest BCUT2D eigenvalue weighted by molar-refractivity contribution is 6.05. The number of amides is 1. The third-order valence-electron chi connectivity index (χ3n) is 3.06. The normalized spacial score (nSPS) is 18.1. The number of esters is 1. The third kappa shape index (κ3) is 2.61. The second-order valence-corrected chi connectivity index (χ2v) is 4.36. The first-order valence-corrected chi connectivity index (χ1v) is 6.19. The molecule has 1 unspecified atom stereocenters. The van der Waals surface area contributed by atoms with Crippen molar-refractivity contribution >= 4 is 23.5 Å². The molecule has 0 aromatic carbocycles. The van der Waals surface area contributed by atoms with Crippen LogP contribution in [-0.4, -0.2) is 41.1 Å². The van der Waals surface area contributed by atoms with Crippen molar-refractivity contribution in [1.29, 1.82) is 0 Å². The van der Waals surface area contributed by atoms with Crippen molar-refractivity contribution < 1.29 is 24.2 Å². The highest BCUT2D eigenvalue weighted by Gasteiger charge is 2.36. The SMILES string of the molecule is CCOC(=O)c1ccncc1N1CC(C(=O)O)CC1=O. The van der Waals surface area contributed by atoms with Crippen molar-refractivity contribution in [3.63, 3.8) is 0 Å². The molecule has 0 radical (unpaired) electrons. The number of aliphatic carboxylic acids is 1. The van der Waals surface area contributed by atoms with Crippen LogP contribution >= 0.6 is 0 Å². The van der Waals surface area contributed by atoms with E-state index in [0.717, 1.165) is 0 Å². The van der Waals surface area contributed by atoms with Gasteiger partial charge in [0.1, 0.15) is 0 Å². The molecular formula is C13H14N2O5. The lowest BCUT2D eigenvalue weighted by Crippen LogP contribution is -2.28. The van der Waals surface area contributed by atoms with Crippen LogP contribution in [0.1, 0.15) is 23.7 Å². The Morgan fingerprint density at radius 1 is 1.55 bits per heavy atom. The summed E-state index contributed by atoms with van der Waals surface area (Å²) in [6.07, 6.45) is 2.71. The van der Waals surface area contributed by atoms with Crippen LogP contribution in [0.2, 0.25) is 0 Å². The van der Waals surface area contributed by atoms with E-state index in [1.807, 2.05) is 0 Å². The van der Waals surface area contributed by atoms with Gasteiger partial charge < -0.3 is 14.7 Å². The Hall–Kier alpha value is -2.44. The molecule has 7 nitrogen and oxygen atoms in total. The van der Waals surface area contributed by atoms with Crippen molar-refractivity contribution in [3.8, 4) is 0 Å². The molecule has 106 valence electrons. The summed E-state index contributed by atoms with van der Waals surface area (Å²) in [4.78, 5) is 39.9. The largest absolute Gasteiger partial charge is 0.481 e. The van der Waals surface area contributed by atoms with Gasteiger partial charge in [-0.3, -0.25) is 14.6 Å². The monoisotopic (exact) mass is 278 g/mol. The van der Waals surface area contributed by atoms with Gasteiger partial charge in [0.05, 0.1) is 30.0 Å². The van der Waals surface area contributed by atoms with E-state index in [1.54, 1.807) is 6.92 Å². The van der Waals surface area contributed by atoms with Crippen LogP contribution in [-0.2, 0) is 14.3 Å². The van der Waals surface area contributed by atoms with Crippen molar-refractivity contribution in [2.75, 3.05) is 18.1 Å². The van der Waals surface area contributed by atoms with Crippen LogP contribution in [0, 0.1) is 5.92 Å². The second-order valence-electron chi connectivity index (χ2n) is 4.36. The van der Waals surface area contributed by atoms with Crippen LogP contribution in [0.25, 0.3) is 0 Å². The van der Waals surface area contributed by atoms with E-state index < -0.39 is 17.9 Å². The number of hydrogen-bond donors (Lipinski definition) is 1. The molecule has 1 amide bonds. The molecule has 1 aromatic heterocycles. The molecule has 1 N–H and O–H groups in total. The first kappa shape index (κ1) is 14.0. The van der Waals surface area contributed by atoms with Gasteiger partial charge in [0, 0.05) is 19.2 Å². The molecule has 1 aliphatic rings.